The smallest absolute Gasteiger partial charge is 0.255 e. The Morgan fingerprint density at radius 3 is 2.62 bits per heavy atom. The predicted molar refractivity (Wildman–Crippen MR) is 92.5 cm³/mol. The predicted octanol–water partition coefficient (Wildman–Crippen LogP) is 3.79. The van der Waals surface area contributed by atoms with E-state index in [-0.39, 0.29) is 5.91 Å². The van der Waals surface area contributed by atoms with Crippen LogP contribution in [-0.4, -0.2) is 31.7 Å². The molecule has 0 unspecified atom stereocenters. The summed E-state index contributed by atoms with van der Waals surface area (Å²) in [4.78, 5) is 16.4. The van der Waals surface area contributed by atoms with Crippen LogP contribution in [0.3, 0.4) is 0 Å². The van der Waals surface area contributed by atoms with Crippen LogP contribution in [0, 0.1) is 0 Å². The number of pyridine rings is 1. The molecule has 24 heavy (non-hydrogen) atoms. The third-order valence-corrected chi connectivity index (χ3v) is 3.43. The van der Waals surface area contributed by atoms with Crippen molar-refractivity contribution < 1.29 is 19.0 Å². The molecule has 128 valence electrons. The van der Waals surface area contributed by atoms with Crippen LogP contribution in [0.15, 0.2) is 30.5 Å². The fraction of sp³-hybridized carbons (Fsp3) is 0.294. The number of benzene rings is 1. The van der Waals surface area contributed by atoms with E-state index in [1.807, 2.05) is 6.92 Å². The molecule has 0 saturated carbocycles. The van der Waals surface area contributed by atoms with Crippen LogP contribution >= 0.6 is 11.6 Å². The number of carbonyl (C=O) groups is 1. The van der Waals surface area contributed by atoms with Crippen LogP contribution in [0.1, 0.15) is 23.7 Å². The summed E-state index contributed by atoms with van der Waals surface area (Å²) in [6.45, 7) is 2.50. The highest BCUT2D eigenvalue weighted by Gasteiger charge is 2.16. The molecule has 1 amide bonds. The van der Waals surface area contributed by atoms with E-state index in [9.17, 15) is 4.79 Å². The highest BCUT2D eigenvalue weighted by atomic mass is 35.5. The second-order valence-corrected chi connectivity index (χ2v) is 5.29. The molecule has 1 aromatic heterocycles. The van der Waals surface area contributed by atoms with Gasteiger partial charge in [-0.25, -0.2) is 4.98 Å². The molecule has 1 aromatic carbocycles. The zero-order valence-electron chi connectivity index (χ0n) is 13.8. The zero-order chi connectivity index (χ0) is 17.5. The van der Waals surface area contributed by atoms with E-state index in [1.165, 1.54) is 20.4 Å². The number of carbonyl (C=O) groups excluding carboxylic acids is 1. The lowest BCUT2D eigenvalue weighted by Gasteiger charge is -2.14. The lowest BCUT2D eigenvalue weighted by Crippen LogP contribution is -2.12. The Morgan fingerprint density at radius 1 is 1.25 bits per heavy atom. The van der Waals surface area contributed by atoms with Crippen molar-refractivity contribution in [3.05, 3.63) is 41.0 Å². The maximum atomic E-state index is 12.4. The SMILES string of the molecule is CCCOc1c(Cl)cc(C(=O)Nc2ccc(OC)nc2)cc1OC. The first-order valence-corrected chi connectivity index (χ1v) is 7.78. The van der Waals surface area contributed by atoms with Crippen LogP contribution in [0.5, 0.6) is 17.4 Å². The van der Waals surface area contributed by atoms with E-state index in [2.05, 4.69) is 10.3 Å². The van der Waals surface area contributed by atoms with Gasteiger partial charge in [-0.1, -0.05) is 18.5 Å². The van der Waals surface area contributed by atoms with Gasteiger partial charge >= 0.3 is 0 Å². The molecule has 0 fully saturated rings. The number of hydrogen-bond donors (Lipinski definition) is 1. The Hall–Kier alpha value is -2.47. The molecule has 0 radical (unpaired) electrons. The van der Waals surface area contributed by atoms with Crippen LogP contribution in [0.4, 0.5) is 5.69 Å². The lowest BCUT2D eigenvalue weighted by atomic mass is 10.2. The van der Waals surface area contributed by atoms with E-state index in [0.29, 0.717) is 40.3 Å². The first-order valence-electron chi connectivity index (χ1n) is 7.40. The van der Waals surface area contributed by atoms with Gasteiger partial charge in [-0.3, -0.25) is 4.79 Å². The second-order valence-electron chi connectivity index (χ2n) is 4.88. The first-order chi connectivity index (χ1) is 11.6. The van der Waals surface area contributed by atoms with Gasteiger partial charge in [0.2, 0.25) is 5.88 Å². The van der Waals surface area contributed by atoms with Crippen LogP contribution in [0.2, 0.25) is 5.02 Å². The summed E-state index contributed by atoms with van der Waals surface area (Å²) in [6, 6.07) is 6.48. The number of aromatic nitrogens is 1. The number of nitrogens with one attached hydrogen (secondary N) is 1. The molecule has 1 N–H and O–H groups in total. The van der Waals surface area contributed by atoms with Gasteiger partial charge in [0.1, 0.15) is 0 Å². The van der Waals surface area contributed by atoms with Crippen molar-refractivity contribution in [2.24, 2.45) is 0 Å². The summed E-state index contributed by atoms with van der Waals surface area (Å²) in [5.41, 5.74) is 0.902. The third kappa shape index (κ3) is 4.29. The summed E-state index contributed by atoms with van der Waals surface area (Å²) in [7, 11) is 3.02. The molecule has 0 atom stereocenters. The molecule has 2 aromatic rings. The van der Waals surface area contributed by atoms with Gasteiger partial charge in [0.15, 0.2) is 11.5 Å². The van der Waals surface area contributed by atoms with Gasteiger partial charge in [0.05, 0.1) is 37.7 Å². The molecule has 0 spiro atoms. The molecule has 1 heterocycles. The van der Waals surface area contributed by atoms with Crippen molar-refractivity contribution in [3.63, 3.8) is 0 Å². The number of amides is 1. The highest BCUT2D eigenvalue weighted by Crippen LogP contribution is 2.36. The van der Waals surface area contributed by atoms with Crippen molar-refractivity contribution >= 4 is 23.2 Å². The van der Waals surface area contributed by atoms with E-state index in [1.54, 1.807) is 24.3 Å². The number of methoxy groups -OCH3 is 2. The average Bonchev–Trinajstić information content (AvgIpc) is 2.60. The minimum atomic E-state index is -0.329. The van der Waals surface area contributed by atoms with Crippen LogP contribution in [-0.2, 0) is 0 Å². The summed E-state index contributed by atoms with van der Waals surface area (Å²) in [5.74, 6) is 0.983. The molecule has 0 bridgehead atoms. The van der Waals surface area contributed by atoms with Gasteiger partial charge in [0.25, 0.3) is 5.91 Å². The topological polar surface area (TPSA) is 69.7 Å². The number of halogens is 1. The first kappa shape index (κ1) is 17.9. The Bertz CT molecular complexity index is 704. The number of rotatable bonds is 7. The van der Waals surface area contributed by atoms with Crippen molar-refractivity contribution in [1.82, 2.24) is 4.98 Å². The minimum absolute atomic E-state index is 0.320. The molecule has 0 saturated heterocycles. The van der Waals surface area contributed by atoms with Crippen LogP contribution in [0.25, 0.3) is 0 Å². The van der Waals surface area contributed by atoms with E-state index in [0.717, 1.165) is 6.42 Å². The molecule has 0 aliphatic carbocycles. The normalized spacial score (nSPS) is 10.2. The van der Waals surface area contributed by atoms with Gasteiger partial charge in [-0.2, -0.15) is 0 Å². The Labute approximate surface area is 145 Å². The molecule has 0 aliphatic rings. The van der Waals surface area contributed by atoms with E-state index in [4.69, 9.17) is 25.8 Å². The second kappa shape index (κ2) is 8.40. The van der Waals surface area contributed by atoms with E-state index >= 15 is 0 Å². The monoisotopic (exact) mass is 350 g/mol. The van der Waals surface area contributed by atoms with Crippen molar-refractivity contribution in [3.8, 4) is 17.4 Å². The van der Waals surface area contributed by atoms with Gasteiger partial charge in [-0.05, 0) is 24.6 Å². The fourth-order valence-corrected chi connectivity index (χ4v) is 2.24. The molecule has 2 rings (SSSR count). The Morgan fingerprint density at radius 2 is 2.04 bits per heavy atom. The average molecular weight is 351 g/mol. The number of ether oxygens (including phenoxy) is 3. The summed E-state index contributed by atoms with van der Waals surface area (Å²) >= 11 is 6.22. The number of anilines is 1. The maximum absolute atomic E-state index is 12.4. The largest absolute Gasteiger partial charge is 0.493 e. The standard InChI is InChI=1S/C17H19ClN2O4/c1-4-7-24-16-13(18)8-11(9-14(16)22-2)17(21)20-12-5-6-15(23-3)19-10-12/h5-6,8-10H,4,7H2,1-3H3,(H,20,21). The van der Waals surface area contributed by atoms with Gasteiger partial charge in [-0.15, -0.1) is 0 Å². The molecular formula is C17H19ClN2O4. The number of hydrogen-bond acceptors (Lipinski definition) is 5. The quantitative estimate of drug-likeness (QED) is 0.822. The van der Waals surface area contributed by atoms with Crippen molar-refractivity contribution in [2.75, 3.05) is 26.1 Å². The molecular weight excluding hydrogens is 332 g/mol. The molecule has 0 aliphatic heterocycles. The van der Waals surface area contributed by atoms with Crippen LogP contribution < -0.4 is 19.5 Å². The van der Waals surface area contributed by atoms with Gasteiger partial charge < -0.3 is 19.5 Å². The highest BCUT2D eigenvalue weighted by molar-refractivity contribution is 6.32. The van der Waals surface area contributed by atoms with Gasteiger partial charge in [0, 0.05) is 11.6 Å². The summed E-state index contributed by atoms with van der Waals surface area (Å²) in [6.07, 6.45) is 2.35. The Kier molecular flexibility index (Phi) is 6.26. The minimum Gasteiger partial charge on any atom is -0.493 e. The Balaban J connectivity index is 2.20. The fourth-order valence-electron chi connectivity index (χ4n) is 1.97. The summed E-state index contributed by atoms with van der Waals surface area (Å²) in [5, 5.41) is 3.06. The molecule has 6 nitrogen and oxygen atoms in total. The lowest BCUT2D eigenvalue weighted by molar-refractivity contribution is 0.102. The van der Waals surface area contributed by atoms with E-state index < -0.39 is 0 Å². The third-order valence-electron chi connectivity index (χ3n) is 3.15. The summed E-state index contributed by atoms with van der Waals surface area (Å²) < 4.78 is 15.8. The molecule has 7 heteroatoms. The van der Waals surface area contributed by atoms with Crippen molar-refractivity contribution in [1.29, 1.82) is 0 Å². The zero-order valence-corrected chi connectivity index (χ0v) is 14.5. The maximum Gasteiger partial charge on any atom is 0.255 e. The van der Waals surface area contributed by atoms with Crippen molar-refractivity contribution in [2.45, 2.75) is 13.3 Å². The number of nitrogens with zero attached hydrogens (tertiary/aromatic N) is 1.